The van der Waals surface area contributed by atoms with Gasteiger partial charge in [0.05, 0.1) is 13.0 Å². The number of nitrogens with zero attached hydrogens (tertiary/aromatic N) is 1. The lowest BCUT2D eigenvalue weighted by atomic mass is 10.1. The monoisotopic (exact) mass is 363 g/mol. The van der Waals surface area contributed by atoms with E-state index in [2.05, 4.69) is 10.3 Å². The number of hydrogen-bond donors (Lipinski definition) is 2. The zero-order valence-electron chi connectivity index (χ0n) is 16.2. The zero-order valence-corrected chi connectivity index (χ0v) is 16.2. The second-order valence-electron chi connectivity index (χ2n) is 7.00. The fourth-order valence-electron chi connectivity index (χ4n) is 3.23. The van der Waals surface area contributed by atoms with Crippen LogP contribution in [-0.4, -0.2) is 35.3 Å². The van der Waals surface area contributed by atoms with Crippen molar-refractivity contribution in [1.29, 1.82) is 0 Å². The molecule has 0 aliphatic heterocycles. The van der Waals surface area contributed by atoms with Gasteiger partial charge in [-0.1, -0.05) is 30.3 Å². The third kappa shape index (κ3) is 4.03. The van der Waals surface area contributed by atoms with Gasteiger partial charge in [-0.05, 0) is 49.6 Å². The molecule has 2 aromatic carbocycles. The van der Waals surface area contributed by atoms with Gasteiger partial charge < -0.3 is 15.2 Å². The van der Waals surface area contributed by atoms with Crippen LogP contribution in [0.3, 0.4) is 0 Å². The first-order valence-electron chi connectivity index (χ1n) is 9.03. The Bertz CT molecular complexity index is 1000. The second kappa shape index (κ2) is 7.66. The van der Waals surface area contributed by atoms with Crippen LogP contribution in [0.4, 0.5) is 5.69 Å². The van der Waals surface area contributed by atoms with Gasteiger partial charge in [0.2, 0.25) is 11.8 Å². The number of anilines is 1. The summed E-state index contributed by atoms with van der Waals surface area (Å²) in [5.74, 6) is -0.283. The van der Waals surface area contributed by atoms with Crippen molar-refractivity contribution in [3.8, 4) is 0 Å². The predicted molar refractivity (Wildman–Crippen MR) is 109 cm³/mol. The van der Waals surface area contributed by atoms with E-state index < -0.39 is 0 Å². The van der Waals surface area contributed by atoms with Gasteiger partial charge >= 0.3 is 0 Å². The molecule has 2 amide bonds. The third-order valence-electron chi connectivity index (χ3n) is 5.04. The van der Waals surface area contributed by atoms with Crippen LogP contribution in [-0.2, 0) is 16.0 Å². The first kappa shape index (κ1) is 18.7. The predicted octanol–water partition coefficient (Wildman–Crippen LogP) is 3.73. The van der Waals surface area contributed by atoms with E-state index in [1.807, 2.05) is 63.2 Å². The fourth-order valence-corrected chi connectivity index (χ4v) is 3.23. The van der Waals surface area contributed by atoms with Crippen LogP contribution >= 0.6 is 0 Å². The van der Waals surface area contributed by atoms with Gasteiger partial charge in [-0.3, -0.25) is 9.59 Å². The highest BCUT2D eigenvalue weighted by Gasteiger charge is 2.17. The third-order valence-corrected chi connectivity index (χ3v) is 5.04. The molecular weight excluding hydrogens is 338 g/mol. The van der Waals surface area contributed by atoms with Crippen molar-refractivity contribution in [2.24, 2.45) is 0 Å². The fraction of sp³-hybridized carbons (Fsp3) is 0.273. The van der Waals surface area contributed by atoms with Gasteiger partial charge in [-0.15, -0.1) is 0 Å². The maximum atomic E-state index is 12.6. The number of aromatic amines is 1. The summed E-state index contributed by atoms with van der Waals surface area (Å²) >= 11 is 0. The van der Waals surface area contributed by atoms with E-state index in [1.165, 1.54) is 4.90 Å². The van der Waals surface area contributed by atoms with Crippen molar-refractivity contribution in [2.75, 3.05) is 18.9 Å². The summed E-state index contributed by atoms with van der Waals surface area (Å²) in [6, 6.07) is 13.7. The molecule has 3 aromatic rings. The maximum absolute atomic E-state index is 12.6. The highest BCUT2D eigenvalue weighted by molar-refractivity contribution is 5.96. The van der Waals surface area contributed by atoms with Gasteiger partial charge in [0.25, 0.3) is 0 Å². The lowest BCUT2D eigenvalue weighted by Crippen LogP contribution is -2.36. The molecule has 0 atom stereocenters. The summed E-state index contributed by atoms with van der Waals surface area (Å²) in [5, 5.41) is 3.95. The molecule has 0 aliphatic carbocycles. The van der Waals surface area contributed by atoms with Crippen LogP contribution in [0.1, 0.15) is 22.4 Å². The molecule has 0 fully saturated rings. The quantitative estimate of drug-likeness (QED) is 0.725. The van der Waals surface area contributed by atoms with Crippen LogP contribution in [0.25, 0.3) is 10.9 Å². The highest BCUT2D eigenvalue weighted by Crippen LogP contribution is 2.23. The molecule has 0 radical (unpaired) electrons. The summed E-state index contributed by atoms with van der Waals surface area (Å²) in [4.78, 5) is 29.8. The normalized spacial score (nSPS) is 10.8. The number of likely N-dealkylation sites (N-methyl/N-ethyl adjacent to an activating group) is 1. The van der Waals surface area contributed by atoms with Crippen molar-refractivity contribution < 1.29 is 9.59 Å². The Morgan fingerprint density at radius 1 is 1.04 bits per heavy atom. The first-order chi connectivity index (χ1) is 12.9. The van der Waals surface area contributed by atoms with Crippen LogP contribution in [0.2, 0.25) is 0 Å². The van der Waals surface area contributed by atoms with E-state index in [-0.39, 0.29) is 24.8 Å². The van der Waals surface area contributed by atoms with Gasteiger partial charge in [-0.2, -0.15) is 0 Å². The van der Waals surface area contributed by atoms with Crippen LogP contribution in [0.5, 0.6) is 0 Å². The molecule has 3 rings (SSSR count). The number of carbonyl (C=O) groups excluding carboxylic acids is 2. The molecule has 2 N–H and O–H groups in total. The molecule has 1 heterocycles. The lowest BCUT2D eigenvalue weighted by molar-refractivity contribution is -0.132. The largest absolute Gasteiger partial charge is 0.358 e. The maximum Gasteiger partial charge on any atom is 0.243 e. The minimum Gasteiger partial charge on any atom is -0.358 e. The number of fused-ring (bicyclic) bond motifs is 1. The number of aromatic nitrogens is 1. The van der Waals surface area contributed by atoms with Crippen molar-refractivity contribution in [1.82, 2.24) is 9.88 Å². The molecule has 27 heavy (non-hydrogen) atoms. The van der Waals surface area contributed by atoms with Crippen molar-refractivity contribution in [3.05, 3.63) is 64.8 Å². The number of H-pyrrole nitrogens is 1. The smallest absolute Gasteiger partial charge is 0.243 e. The summed E-state index contributed by atoms with van der Waals surface area (Å²) in [7, 11) is 1.66. The summed E-state index contributed by atoms with van der Waals surface area (Å²) in [6.07, 6.45) is 0.267. The summed E-state index contributed by atoms with van der Waals surface area (Å²) in [6.45, 7) is 5.97. The molecule has 1 aromatic heterocycles. The van der Waals surface area contributed by atoms with Crippen LogP contribution in [0, 0.1) is 20.8 Å². The van der Waals surface area contributed by atoms with Crippen molar-refractivity contribution in [2.45, 2.75) is 27.2 Å². The Morgan fingerprint density at radius 3 is 2.56 bits per heavy atom. The average molecular weight is 363 g/mol. The SMILES string of the molecule is Cc1cccc(NC(=O)CN(C)C(=O)Cc2c(C)[nH]c3ccccc23)c1C. The Morgan fingerprint density at radius 2 is 1.78 bits per heavy atom. The van der Waals surface area contributed by atoms with E-state index >= 15 is 0 Å². The van der Waals surface area contributed by atoms with Gasteiger partial charge in [0.15, 0.2) is 0 Å². The lowest BCUT2D eigenvalue weighted by Gasteiger charge is -2.18. The Balaban J connectivity index is 1.66. The van der Waals surface area contributed by atoms with Gasteiger partial charge in [0, 0.05) is 29.3 Å². The van der Waals surface area contributed by atoms with E-state index in [4.69, 9.17) is 0 Å². The molecule has 0 aliphatic rings. The molecule has 140 valence electrons. The minimum absolute atomic E-state index is 0.0214. The van der Waals surface area contributed by atoms with E-state index in [9.17, 15) is 9.59 Å². The zero-order chi connectivity index (χ0) is 19.6. The molecule has 0 saturated carbocycles. The standard InChI is InChI=1S/C22H25N3O2/c1-14-8-7-11-19(15(14)2)24-21(26)13-25(4)22(27)12-18-16(3)23-20-10-6-5-9-17(18)20/h5-11,23H,12-13H2,1-4H3,(H,24,26). The number of aryl methyl sites for hydroxylation is 2. The Labute approximate surface area is 159 Å². The molecule has 0 unspecified atom stereocenters. The molecular formula is C22H25N3O2. The number of carbonyl (C=O) groups is 2. The molecule has 0 saturated heterocycles. The average Bonchev–Trinajstić information content (AvgIpc) is 2.94. The van der Waals surface area contributed by atoms with Crippen LogP contribution < -0.4 is 5.32 Å². The first-order valence-corrected chi connectivity index (χ1v) is 9.03. The number of para-hydroxylation sites is 1. The van der Waals surface area contributed by atoms with Crippen LogP contribution in [0.15, 0.2) is 42.5 Å². The van der Waals surface area contributed by atoms with Gasteiger partial charge in [-0.25, -0.2) is 0 Å². The van der Waals surface area contributed by atoms with Crippen molar-refractivity contribution >= 4 is 28.4 Å². The highest BCUT2D eigenvalue weighted by atomic mass is 16.2. The summed E-state index contributed by atoms with van der Waals surface area (Å²) in [5.41, 5.74) is 5.93. The second-order valence-corrected chi connectivity index (χ2v) is 7.00. The number of amides is 2. The number of hydrogen-bond acceptors (Lipinski definition) is 2. The Kier molecular flexibility index (Phi) is 5.31. The number of nitrogens with one attached hydrogen (secondary N) is 2. The topological polar surface area (TPSA) is 65.2 Å². The molecule has 5 heteroatoms. The molecule has 0 spiro atoms. The Hall–Kier alpha value is -3.08. The van der Waals surface area contributed by atoms with Gasteiger partial charge in [0.1, 0.15) is 0 Å². The van der Waals surface area contributed by atoms with E-state index in [0.29, 0.717) is 0 Å². The van der Waals surface area contributed by atoms with E-state index in [0.717, 1.165) is 39.0 Å². The molecule has 0 bridgehead atoms. The molecule has 5 nitrogen and oxygen atoms in total. The van der Waals surface area contributed by atoms with Crippen molar-refractivity contribution in [3.63, 3.8) is 0 Å². The minimum atomic E-state index is -0.199. The van der Waals surface area contributed by atoms with E-state index in [1.54, 1.807) is 7.05 Å². The number of rotatable bonds is 5. The number of benzene rings is 2. The summed E-state index contributed by atoms with van der Waals surface area (Å²) < 4.78 is 0.